The van der Waals surface area contributed by atoms with Crippen molar-refractivity contribution in [3.8, 4) is 0 Å². The number of halogens is 1. The summed E-state index contributed by atoms with van der Waals surface area (Å²) in [5.41, 5.74) is 0. The zero-order chi connectivity index (χ0) is 5.11. The maximum Gasteiger partial charge on any atom is -0.00218 e. The third-order valence-electron chi connectivity index (χ3n) is 1.58. The Labute approximate surface area is 50.0 Å². The highest BCUT2D eigenvalue weighted by Crippen LogP contribution is 2.04. The van der Waals surface area contributed by atoms with E-state index < -0.39 is 0 Å². The maximum atomic E-state index is 2.39. The summed E-state index contributed by atoms with van der Waals surface area (Å²) in [6.07, 6.45) is 4.28. The highest BCUT2D eigenvalue weighted by Gasteiger charge is 2.02. The first kappa shape index (κ1) is 7.89. The Morgan fingerprint density at radius 1 is 1.00 bits per heavy atom. The molecule has 1 aliphatic rings. The number of likely N-dealkylation sites (tertiary alicyclic amines) is 1. The normalized spacial score (nSPS) is 22.1. The van der Waals surface area contributed by atoms with Crippen LogP contribution in [0.5, 0.6) is 0 Å². The minimum absolute atomic E-state index is 0. The Kier molecular flexibility index (Phi) is 3.79. The molecule has 1 nitrogen and oxygen atoms in total. The van der Waals surface area contributed by atoms with Gasteiger partial charge in [0.1, 0.15) is 0 Å². The number of hydrogen-bond acceptors (Lipinski definition) is 1. The van der Waals surface area contributed by atoms with E-state index in [-0.39, 0.29) is 4.70 Å². The van der Waals surface area contributed by atoms with Crippen LogP contribution in [-0.4, -0.2) is 25.0 Å². The largest absolute Gasteiger partial charge is 0.306 e. The topological polar surface area (TPSA) is 3.24 Å². The minimum Gasteiger partial charge on any atom is -0.306 e. The van der Waals surface area contributed by atoms with Crippen molar-refractivity contribution in [2.75, 3.05) is 20.1 Å². The Morgan fingerprint density at radius 2 is 1.50 bits per heavy atom. The van der Waals surface area contributed by atoms with Crippen molar-refractivity contribution in [2.45, 2.75) is 19.3 Å². The van der Waals surface area contributed by atoms with Gasteiger partial charge in [0.05, 0.1) is 0 Å². The Balaban J connectivity index is 0.000000490. The summed E-state index contributed by atoms with van der Waals surface area (Å²) in [6.45, 7) is 2.64. The molecule has 0 saturated carbocycles. The van der Waals surface area contributed by atoms with E-state index in [9.17, 15) is 0 Å². The van der Waals surface area contributed by atoms with Gasteiger partial charge in [-0.1, -0.05) is 6.42 Å². The Hall–Kier alpha value is -0.110. The van der Waals surface area contributed by atoms with Crippen molar-refractivity contribution in [2.24, 2.45) is 0 Å². The molecule has 1 heterocycles. The molecule has 0 amide bonds. The highest BCUT2D eigenvalue weighted by molar-refractivity contribution is 4.58. The van der Waals surface area contributed by atoms with Crippen molar-refractivity contribution in [1.29, 1.82) is 0 Å². The van der Waals surface area contributed by atoms with Crippen LogP contribution in [-0.2, 0) is 0 Å². The molecule has 2 heteroatoms. The molecule has 1 fully saturated rings. The molecule has 1 rings (SSSR count). The molecule has 0 unspecified atom stereocenters. The molecule has 0 radical (unpaired) electrons. The van der Waals surface area contributed by atoms with Gasteiger partial charge < -0.3 is 4.90 Å². The smallest absolute Gasteiger partial charge is 0.00218 e. The summed E-state index contributed by atoms with van der Waals surface area (Å²) in [5.74, 6) is 0. The number of nitrogens with zero attached hydrogens (tertiary/aromatic N) is 1. The lowest BCUT2D eigenvalue weighted by Crippen LogP contribution is -2.24. The Morgan fingerprint density at radius 3 is 1.75 bits per heavy atom. The van der Waals surface area contributed by atoms with E-state index in [2.05, 4.69) is 11.9 Å². The average molecular weight is 119 g/mol. The van der Waals surface area contributed by atoms with Gasteiger partial charge in [0.25, 0.3) is 0 Å². The van der Waals surface area contributed by atoms with Crippen LogP contribution in [0.3, 0.4) is 0 Å². The van der Waals surface area contributed by atoms with E-state index in [4.69, 9.17) is 0 Å². The van der Waals surface area contributed by atoms with Crippen molar-refractivity contribution in [3.63, 3.8) is 0 Å². The van der Waals surface area contributed by atoms with Gasteiger partial charge in [0, 0.05) is 0 Å². The van der Waals surface area contributed by atoms with Crippen LogP contribution in [0, 0.1) is 0 Å². The van der Waals surface area contributed by atoms with Gasteiger partial charge in [-0.25, -0.2) is 0 Å². The van der Waals surface area contributed by atoms with E-state index in [0.717, 1.165) is 0 Å². The Bertz CT molecular complexity index is 50.5. The highest BCUT2D eigenvalue weighted by atomic mass is 19.0. The third kappa shape index (κ3) is 2.26. The fraction of sp³-hybridized carbons (Fsp3) is 1.00. The quantitative estimate of drug-likeness (QED) is 0.464. The van der Waals surface area contributed by atoms with Gasteiger partial charge in [0.2, 0.25) is 0 Å². The molecule has 0 atom stereocenters. The first-order valence-electron chi connectivity index (χ1n) is 3.08. The molecule has 0 aromatic rings. The predicted octanol–water partition coefficient (Wildman–Crippen LogP) is 1.25. The zero-order valence-corrected chi connectivity index (χ0v) is 5.39. The van der Waals surface area contributed by atoms with E-state index in [1.54, 1.807) is 0 Å². The van der Waals surface area contributed by atoms with Crippen LogP contribution in [0.25, 0.3) is 0 Å². The van der Waals surface area contributed by atoms with E-state index in [0.29, 0.717) is 0 Å². The minimum atomic E-state index is 0. The summed E-state index contributed by atoms with van der Waals surface area (Å²) in [7, 11) is 2.19. The molecule has 0 spiro atoms. The monoisotopic (exact) mass is 119 g/mol. The number of hydrogen-bond donors (Lipinski definition) is 0. The average Bonchev–Trinajstić information content (AvgIpc) is 1.69. The molecule has 0 aromatic carbocycles. The second-order valence-electron chi connectivity index (χ2n) is 2.36. The molecule has 50 valence electrons. The van der Waals surface area contributed by atoms with Crippen LogP contribution in [0.1, 0.15) is 19.3 Å². The predicted molar refractivity (Wildman–Crippen MR) is 33.9 cm³/mol. The summed E-state index contributed by atoms with van der Waals surface area (Å²) in [4.78, 5) is 2.39. The number of piperidine rings is 1. The van der Waals surface area contributed by atoms with Gasteiger partial charge in [0.15, 0.2) is 0 Å². The molecule has 0 aliphatic carbocycles. The lowest BCUT2D eigenvalue weighted by Gasteiger charge is -2.20. The molecule has 0 bridgehead atoms. The van der Waals surface area contributed by atoms with E-state index >= 15 is 0 Å². The van der Waals surface area contributed by atoms with Gasteiger partial charge in [-0.15, -0.1) is 0 Å². The van der Waals surface area contributed by atoms with Crippen LogP contribution in [0.4, 0.5) is 4.70 Å². The maximum absolute atomic E-state index is 2.39. The van der Waals surface area contributed by atoms with Crippen LogP contribution >= 0.6 is 0 Å². The molecule has 1 aliphatic heterocycles. The third-order valence-corrected chi connectivity index (χ3v) is 1.58. The second-order valence-corrected chi connectivity index (χ2v) is 2.36. The summed E-state index contributed by atoms with van der Waals surface area (Å²) in [5, 5.41) is 0. The van der Waals surface area contributed by atoms with Crippen LogP contribution < -0.4 is 0 Å². The lowest BCUT2D eigenvalue weighted by atomic mass is 10.1. The van der Waals surface area contributed by atoms with Crippen molar-refractivity contribution < 1.29 is 4.70 Å². The standard InChI is InChI=1S/C6H13N.FH/c1-7-5-3-2-4-6-7;/h2-6H2,1H3;1H. The fourth-order valence-electron chi connectivity index (χ4n) is 1.05. The molecule has 0 N–H and O–H groups in total. The van der Waals surface area contributed by atoms with Crippen molar-refractivity contribution >= 4 is 0 Å². The van der Waals surface area contributed by atoms with Gasteiger partial charge in [-0.3, -0.25) is 4.70 Å². The second kappa shape index (κ2) is 3.84. The molecular formula is C6H14FN. The van der Waals surface area contributed by atoms with E-state index in [1.165, 1.54) is 32.4 Å². The summed E-state index contributed by atoms with van der Waals surface area (Å²) in [6, 6.07) is 0. The van der Waals surface area contributed by atoms with Gasteiger partial charge in [-0.2, -0.15) is 0 Å². The van der Waals surface area contributed by atoms with Gasteiger partial charge in [-0.05, 0) is 33.0 Å². The molecule has 8 heavy (non-hydrogen) atoms. The molecule has 1 saturated heterocycles. The summed E-state index contributed by atoms with van der Waals surface area (Å²) < 4.78 is 0. The fourth-order valence-corrected chi connectivity index (χ4v) is 1.05. The van der Waals surface area contributed by atoms with E-state index in [1.807, 2.05) is 0 Å². The SMILES string of the molecule is CN1CCCCC1.F. The first-order chi connectivity index (χ1) is 3.39. The van der Waals surface area contributed by atoms with Crippen molar-refractivity contribution in [1.82, 2.24) is 4.90 Å². The lowest BCUT2D eigenvalue weighted by molar-refractivity contribution is 0.277. The number of rotatable bonds is 0. The molecule has 0 aromatic heterocycles. The first-order valence-corrected chi connectivity index (χ1v) is 3.08. The van der Waals surface area contributed by atoms with Crippen molar-refractivity contribution in [3.05, 3.63) is 0 Å². The summed E-state index contributed by atoms with van der Waals surface area (Å²) >= 11 is 0. The van der Waals surface area contributed by atoms with Gasteiger partial charge >= 0.3 is 0 Å². The van der Waals surface area contributed by atoms with Crippen LogP contribution in [0.2, 0.25) is 0 Å². The van der Waals surface area contributed by atoms with Crippen LogP contribution in [0.15, 0.2) is 0 Å². The molecular weight excluding hydrogens is 105 g/mol. The zero-order valence-electron chi connectivity index (χ0n) is 5.39.